The van der Waals surface area contributed by atoms with Crippen LogP contribution in [0.4, 0.5) is 5.69 Å². The van der Waals surface area contributed by atoms with Crippen LogP contribution in [0.25, 0.3) is 12.2 Å². The number of hydrogen-bond acceptors (Lipinski definition) is 2. The third-order valence-electron chi connectivity index (χ3n) is 1.95. The topological polar surface area (TPSA) is 43.1 Å². The first-order chi connectivity index (χ1) is 7.11. The molecular weight excluding hydrogens is 214 g/mol. The Balaban J connectivity index is 3.53. The predicted octanol–water partition coefficient (Wildman–Crippen LogP) is 3.92. The van der Waals surface area contributed by atoms with Gasteiger partial charge in [0, 0.05) is 16.7 Å². The fourth-order valence-corrected chi connectivity index (χ4v) is 1.54. The first-order valence-electron chi connectivity index (χ1n) is 4.33. The highest BCUT2D eigenvalue weighted by Gasteiger charge is 2.15. The first kappa shape index (κ1) is 11.5. The molecule has 1 aromatic rings. The molecule has 3 nitrogen and oxygen atoms in total. The van der Waals surface area contributed by atoms with E-state index in [1.807, 2.05) is 6.92 Å². The number of nitrogens with zero attached hydrogens (tertiary/aromatic N) is 1. The van der Waals surface area contributed by atoms with Crippen LogP contribution in [0.15, 0.2) is 24.8 Å². The molecule has 0 aliphatic carbocycles. The number of nitro benzene ring substituents is 1. The molecule has 0 radical (unpaired) electrons. The number of nitro groups is 1. The van der Waals surface area contributed by atoms with Crippen molar-refractivity contribution in [3.63, 3.8) is 0 Å². The molecule has 0 aromatic heterocycles. The summed E-state index contributed by atoms with van der Waals surface area (Å²) in [4.78, 5) is 10.3. The molecule has 4 heteroatoms. The van der Waals surface area contributed by atoms with Gasteiger partial charge in [-0.15, -0.1) is 0 Å². The summed E-state index contributed by atoms with van der Waals surface area (Å²) in [5, 5.41) is 11.2. The van der Waals surface area contributed by atoms with Gasteiger partial charge in [0.25, 0.3) is 5.69 Å². The fraction of sp³-hybridized carbons (Fsp3) is 0.0909. The highest BCUT2D eigenvalue weighted by molar-refractivity contribution is 6.32. The van der Waals surface area contributed by atoms with Gasteiger partial charge in [-0.05, 0) is 13.0 Å². The van der Waals surface area contributed by atoms with Crippen LogP contribution in [0.1, 0.15) is 18.1 Å². The fourth-order valence-electron chi connectivity index (χ4n) is 1.31. The van der Waals surface area contributed by atoms with E-state index in [1.165, 1.54) is 18.2 Å². The smallest absolute Gasteiger partial charge is 0.258 e. The molecule has 0 spiro atoms. The van der Waals surface area contributed by atoms with Crippen LogP contribution in [0.3, 0.4) is 0 Å². The molecule has 0 saturated carbocycles. The van der Waals surface area contributed by atoms with Gasteiger partial charge in [0.1, 0.15) is 0 Å². The summed E-state index contributed by atoms with van der Waals surface area (Å²) in [5.74, 6) is 0. The van der Waals surface area contributed by atoms with Crippen molar-refractivity contribution >= 4 is 29.4 Å². The van der Waals surface area contributed by atoms with E-state index in [-0.39, 0.29) is 5.69 Å². The molecule has 0 N–H and O–H groups in total. The van der Waals surface area contributed by atoms with Gasteiger partial charge in [-0.2, -0.15) is 0 Å². The highest BCUT2D eigenvalue weighted by atomic mass is 35.5. The lowest BCUT2D eigenvalue weighted by atomic mass is 10.0. The number of benzene rings is 1. The molecular formula is C11H10ClNO2. The number of halogens is 1. The SMILES string of the molecule is C=Cc1c([N+](=O)[O-])ccc(Cl)c1/C=C\C. The molecule has 0 aliphatic rings. The second-order valence-electron chi connectivity index (χ2n) is 2.86. The Labute approximate surface area is 92.8 Å². The summed E-state index contributed by atoms with van der Waals surface area (Å²) < 4.78 is 0. The van der Waals surface area contributed by atoms with Crippen LogP contribution >= 0.6 is 11.6 Å². The van der Waals surface area contributed by atoms with E-state index < -0.39 is 4.92 Å². The predicted molar refractivity (Wildman–Crippen MR) is 62.9 cm³/mol. The van der Waals surface area contributed by atoms with E-state index >= 15 is 0 Å². The molecule has 0 aliphatic heterocycles. The van der Waals surface area contributed by atoms with E-state index in [0.29, 0.717) is 16.1 Å². The van der Waals surface area contributed by atoms with Crippen LogP contribution in [-0.4, -0.2) is 4.92 Å². The van der Waals surface area contributed by atoms with Crippen molar-refractivity contribution in [3.05, 3.63) is 51.1 Å². The summed E-state index contributed by atoms with van der Waals surface area (Å²) in [7, 11) is 0. The Morgan fingerprint density at radius 2 is 2.13 bits per heavy atom. The summed E-state index contributed by atoms with van der Waals surface area (Å²) in [6, 6.07) is 2.90. The third kappa shape index (κ3) is 2.25. The summed E-state index contributed by atoms with van der Waals surface area (Å²) in [5.41, 5.74) is 1.09. The molecule has 0 bridgehead atoms. The van der Waals surface area contributed by atoms with Crippen molar-refractivity contribution in [3.8, 4) is 0 Å². The maximum atomic E-state index is 10.7. The maximum Gasteiger partial charge on any atom is 0.277 e. The van der Waals surface area contributed by atoms with Crippen LogP contribution in [-0.2, 0) is 0 Å². The molecule has 0 heterocycles. The van der Waals surface area contributed by atoms with Gasteiger partial charge in [-0.3, -0.25) is 10.1 Å². The van der Waals surface area contributed by atoms with E-state index in [1.54, 1.807) is 12.2 Å². The molecule has 0 fully saturated rings. The van der Waals surface area contributed by atoms with Crippen LogP contribution < -0.4 is 0 Å². The second-order valence-corrected chi connectivity index (χ2v) is 3.26. The lowest BCUT2D eigenvalue weighted by Gasteiger charge is -2.04. The molecule has 78 valence electrons. The quantitative estimate of drug-likeness (QED) is 0.576. The Bertz CT molecular complexity index is 438. The van der Waals surface area contributed by atoms with Crippen LogP contribution in [0, 0.1) is 10.1 Å². The zero-order valence-electron chi connectivity index (χ0n) is 8.24. The zero-order valence-corrected chi connectivity index (χ0v) is 8.99. The molecule has 0 saturated heterocycles. The van der Waals surface area contributed by atoms with E-state index in [2.05, 4.69) is 6.58 Å². The van der Waals surface area contributed by atoms with Crippen molar-refractivity contribution in [2.75, 3.05) is 0 Å². The third-order valence-corrected chi connectivity index (χ3v) is 2.27. The monoisotopic (exact) mass is 223 g/mol. The minimum atomic E-state index is -0.444. The van der Waals surface area contributed by atoms with Gasteiger partial charge in [0.2, 0.25) is 0 Å². The van der Waals surface area contributed by atoms with Crippen LogP contribution in [0.2, 0.25) is 5.02 Å². The van der Waals surface area contributed by atoms with E-state index in [0.717, 1.165) is 0 Å². The molecule has 0 amide bonds. The van der Waals surface area contributed by atoms with Crippen LogP contribution in [0.5, 0.6) is 0 Å². The van der Waals surface area contributed by atoms with Crippen molar-refractivity contribution in [1.82, 2.24) is 0 Å². The summed E-state index contributed by atoms with van der Waals surface area (Å²) in [6.45, 7) is 5.38. The number of hydrogen-bond donors (Lipinski definition) is 0. The number of rotatable bonds is 3. The molecule has 15 heavy (non-hydrogen) atoms. The van der Waals surface area contributed by atoms with Gasteiger partial charge in [-0.1, -0.05) is 36.4 Å². The van der Waals surface area contributed by atoms with Crippen molar-refractivity contribution in [1.29, 1.82) is 0 Å². The van der Waals surface area contributed by atoms with E-state index in [9.17, 15) is 10.1 Å². The van der Waals surface area contributed by atoms with Gasteiger partial charge in [0.15, 0.2) is 0 Å². The Kier molecular flexibility index (Phi) is 3.63. The van der Waals surface area contributed by atoms with Gasteiger partial charge < -0.3 is 0 Å². The standard InChI is InChI=1S/C11H10ClNO2/c1-3-5-9-8(4-2)11(13(14)15)7-6-10(9)12/h3-7H,2H2,1H3/b5-3-. The van der Waals surface area contributed by atoms with E-state index in [4.69, 9.17) is 11.6 Å². The average Bonchev–Trinajstić information content (AvgIpc) is 2.20. The second kappa shape index (κ2) is 4.75. The summed E-state index contributed by atoms with van der Waals surface area (Å²) in [6.07, 6.45) is 4.95. The van der Waals surface area contributed by atoms with Crippen molar-refractivity contribution < 1.29 is 4.92 Å². The minimum absolute atomic E-state index is 0.0162. The number of allylic oxidation sites excluding steroid dienone is 1. The minimum Gasteiger partial charge on any atom is -0.258 e. The largest absolute Gasteiger partial charge is 0.277 e. The lowest BCUT2D eigenvalue weighted by Crippen LogP contribution is -1.94. The Morgan fingerprint density at radius 3 is 2.60 bits per heavy atom. The first-order valence-corrected chi connectivity index (χ1v) is 4.71. The average molecular weight is 224 g/mol. The normalized spacial score (nSPS) is 10.5. The molecule has 1 rings (SSSR count). The molecule has 0 atom stereocenters. The summed E-state index contributed by atoms with van der Waals surface area (Å²) >= 11 is 5.94. The zero-order chi connectivity index (χ0) is 11.4. The molecule has 0 unspecified atom stereocenters. The highest BCUT2D eigenvalue weighted by Crippen LogP contribution is 2.30. The molecule has 1 aromatic carbocycles. The van der Waals surface area contributed by atoms with Crippen molar-refractivity contribution in [2.24, 2.45) is 0 Å². The van der Waals surface area contributed by atoms with Gasteiger partial charge in [-0.25, -0.2) is 0 Å². The van der Waals surface area contributed by atoms with Crippen molar-refractivity contribution in [2.45, 2.75) is 6.92 Å². The Hall–Kier alpha value is -1.61. The Morgan fingerprint density at radius 1 is 1.47 bits per heavy atom. The van der Waals surface area contributed by atoms with Gasteiger partial charge >= 0.3 is 0 Å². The maximum absolute atomic E-state index is 10.7. The van der Waals surface area contributed by atoms with Gasteiger partial charge in [0.05, 0.1) is 10.5 Å². The lowest BCUT2D eigenvalue weighted by molar-refractivity contribution is -0.385.